The van der Waals surface area contributed by atoms with E-state index in [9.17, 15) is 9.59 Å². The third-order valence-corrected chi connectivity index (χ3v) is 20.8. The summed E-state index contributed by atoms with van der Waals surface area (Å²) < 4.78 is 0. The maximum atomic E-state index is 14.8. The van der Waals surface area contributed by atoms with Crippen LogP contribution in [-0.4, -0.2) is 23.0 Å². The van der Waals surface area contributed by atoms with Crippen LogP contribution in [0.4, 0.5) is 0 Å². The minimum atomic E-state index is 0.00240. The molecule has 0 aliphatic heterocycles. The molecule has 0 fully saturated rings. The van der Waals surface area contributed by atoms with Crippen molar-refractivity contribution in [2.75, 3.05) is 0 Å². The Labute approximate surface area is 641 Å². The Balaban J connectivity index is 0.000000160. The van der Waals surface area contributed by atoms with Crippen LogP contribution in [0.1, 0.15) is 89.0 Å². The van der Waals surface area contributed by atoms with E-state index >= 15 is 0 Å². The van der Waals surface area contributed by atoms with Gasteiger partial charge in [0.2, 0.25) is 0 Å². The molecule has 4 aliphatic rings. The lowest BCUT2D eigenvalue weighted by Crippen LogP contribution is -2.06. The van der Waals surface area contributed by atoms with Crippen molar-refractivity contribution in [1.29, 1.82) is 0 Å². The Kier molecular flexibility index (Phi) is 19.1. The number of hydrogen-bond acceptors (Lipinski definition) is 6. The van der Waals surface area contributed by atoms with Crippen LogP contribution in [-0.2, 0) is 9.59 Å². The van der Waals surface area contributed by atoms with Crippen LogP contribution in [0, 0.1) is 0 Å². The maximum Gasteiger partial charge on any atom is 0.195 e. The second-order valence-electron chi connectivity index (χ2n) is 27.2. The molecule has 0 aromatic heterocycles. The predicted molar refractivity (Wildman–Crippen MR) is 458 cm³/mol. The first-order valence-corrected chi connectivity index (χ1v) is 36.9. The first-order valence-electron chi connectivity index (χ1n) is 36.9. The number of Topliss-reactive ketones (excluding diaryl/α,β-unsaturated/α-hetero) is 2. The number of benzene rings is 14. The molecular formula is C104H72N4O2. The van der Waals surface area contributed by atoms with Crippen molar-refractivity contribution in [3.63, 3.8) is 0 Å². The molecule has 4 aliphatic carbocycles. The SMILES string of the molecule is N/N=C1\C(c2ccccc2)=C(c2ccccc2)C(c2ccc(C3=C(c4ccccc4)/C(=N/N)C(c4ccccc4)=C3c3ccccc3)cc2)=C1c1ccccc1.O=C1C(c2ccccc2)=C(c2ccccc2)C(c2ccc(C3=C(c4ccccc4)C(=O)C(c4ccccc4)=C3c3ccccc3)cc2)=C1c1ccccc1. The highest BCUT2D eigenvalue weighted by Crippen LogP contribution is 2.56. The van der Waals surface area contributed by atoms with E-state index in [1.807, 2.05) is 182 Å². The molecule has 6 nitrogen and oxygen atoms in total. The van der Waals surface area contributed by atoms with Gasteiger partial charge in [0.1, 0.15) is 0 Å². The molecule has 110 heavy (non-hydrogen) atoms. The molecule has 18 rings (SSSR count). The van der Waals surface area contributed by atoms with Gasteiger partial charge >= 0.3 is 0 Å². The van der Waals surface area contributed by atoms with Gasteiger partial charge < -0.3 is 11.7 Å². The van der Waals surface area contributed by atoms with Gasteiger partial charge in [0.05, 0.1) is 11.4 Å². The first-order chi connectivity index (χ1) is 54.4. The number of carbonyl (C=O) groups excluding carboxylic acids is 2. The van der Waals surface area contributed by atoms with Gasteiger partial charge in [-0.3, -0.25) is 9.59 Å². The van der Waals surface area contributed by atoms with E-state index in [0.29, 0.717) is 22.3 Å². The highest BCUT2D eigenvalue weighted by molar-refractivity contribution is 6.63. The average molecular weight is 1410 g/mol. The van der Waals surface area contributed by atoms with E-state index in [4.69, 9.17) is 11.7 Å². The number of allylic oxidation sites excluding steroid dienone is 16. The summed E-state index contributed by atoms with van der Waals surface area (Å²) in [6.07, 6.45) is 0. The number of nitrogens with zero attached hydrogens (tertiary/aromatic N) is 2. The molecule has 0 amide bonds. The van der Waals surface area contributed by atoms with Crippen molar-refractivity contribution >= 4 is 112 Å². The third-order valence-electron chi connectivity index (χ3n) is 20.8. The number of hydrazone groups is 2. The molecule has 0 unspecified atom stereocenters. The fraction of sp³-hybridized carbons (Fsp3) is 0. The highest BCUT2D eigenvalue weighted by atomic mass is 16.1. The summed E-state index contributed by atoms with van der Waals surface area (Å²) in [7, 11) is 0. The molecule has 520 valence electrons. The molecule has 6 heteroatoms. The Hall–Kier alpha value is -14.7. The normalized spacial score (nSPS) is 15.1. The van der Waals surface area contributed by atoms with Crippen molar-refractivity contribution in [3.8, 4) is 0 Å². The van der Waals surface area contributed by atoms with Crippen LogP contribution in [0.25, 0.3) is 89.2 Å². The number of ketones is 2. The molecule has 0 radical (unpaired) electrons. The zero-order valence-electron chi connectivity index (χ0n) is 60.1. The van der Waals surface area contributed by atoms with E-state index in [1.54, 1.807) is 0 Å². The first kappa shape index (κ1) is 68.4. The lowest BCUT2D eigenvalue weighted by molar-refractivity contribution is -0.109. The summed E-state index contributed by atoms with van der Waals surface area (Å²) in [6, 6.07) is 141. The summed E-state index contributed by atoms with van der Waals surface area (Å²) in [5.74, 6) is 12.8. The summed E-state index contributed by atoms with van der Waals surface area (Å²) in [5.41, 5.74) is 32.0. The fourth-order valence-corrected chi connectivity index (χ4v) is 16.1. The minimum Gasteiger partial charge on any atom is -0.323 e. The second-order valence-corrected chi connectivity index (χ2v) is 27.2. The molecule has 0 atom stereocenters. The predicted octanol–water partition coefficient (Wildman–Crippen LogP) is 23.3. The Bertz CT molecular complexity index is 5770. The number of rotatable bonds is 16. The average Bonchev–Trinajstić information content (AvgIpc) is 1.58. The molecular weight excluding hydrogens is 1340 g/mol. The number of carbonyl (C=O) groups is 2. The van der Waals surface area contributed by atoms with Crippen LogP contribution in [0.3, 0.4) is 0 Å². The summed E-state index contributed by atoms with van der Waals surface area (Å²) in [6.45, 7) is 0. The Morgan fingerprint density at radius 2 is 0.227 bits per heavy atom. The molecule has 0 spiro atoms. The second kappa shape index (κ2) is 30.8. The molecule has 0 bridgehead atoms. The third kappa shape index (κ3) is 12.8. The molecule has 14 aromatic rings. The van der Waals surface area contributed by atoms with Gasteiger partial charge in [0, 0.05) is 89.2 Å². The maximum absolute atomic E-state index is 14.8. The smallest absolute Gasteiger partial charge is 0.195 e. The van der Waals surface area contributed by atoms with Gasteiger partial charge in [-0.1, -0.05) is 413 Å². The van der Waals surface area contributed by atoms with Gasteiger partial charge in [-0.05, 0) is 89.0 Å². The van der Waals surface area contributed by atoms with Gasteiger partial charge in [0.25, 0.3) is 0 Å². The quantitative estimate of drug-likeness (QED) is 0.0741. The lowest BCUT2D eigenvalue weighted by Gasteiger charge is -2.17. The molecule has 4 N–H and O–H groups in total. The Morgan fingerprint density at radius 1 is 0.127 bits per heavy atom. The van der Waals surface area contributed by atoms with Crippen LogP contribution in [0.2, 0.25) is 0 Å². The Morgan fingerprint density at radius 3 is 0.355 bits per heavy atom. The molecule has 0 heterocycles. The minimum absolute atomic E-state index is 0.00240. The van der Waals surface area contributed by atoms with Crippen molar-refractivity contribution in [2.45, 2.75) is 0 Å². The van der Waals surface area contributed by atoms with E-state index in [2.05, 4.69) is 241 Å². The number of hydrogen-bond donors (Lipinski definition) is 2. The van der Waals surface area contributed by atoms with Gasteiger partial charge in [0.15, 0.2) is 11.6 Å². The monoisotopic (exact) mass is 1410 g/mol. The van der Waals surface area contributed by atoms with Crippen LogP contribution in [0.15, 0.2) is 423 Å². The topological polar surface area (TPSA) is 111 Å². The van der Waals surface area contributed by atoms with E-state index in [-0.39, 0.29) is 11.6 Å². The van der Waals surface area contributed by atoms with E-state index in [0.717, 1.165) is 167 Å². The van der Waals surface area contributed by atoms with Gasteiger partial charge in [-0.15, -0.1) is 0 Å². The van der Waals surface area contributed by atoms with Gasteiger partial charge in [-0.25, -0.2) is 0 Å². The zero-order chi connectivity index (χ0) is 74.3. The lowest BCUT2D eigenvalue weighted by atomic mass is 9.86. The van der Waals surface area contributed by atoms with Crippen molar-refractivity contribution in [2.24, 2.45) is 21.9 Å². The molecule has 0 saturated heterocycles. The summed E-state index contributed by atoms with van der Waals surface area (Å²) >= 11 is 0. The van der Waals surface area contributed by atoms with E-state index < -0.39 is 0 Å². The number of nitrogens with two attached hydrogens (primary N) is 2. The van der Waals surface area contributed by atoms with Crippen LogP contribution >= 0.6 is 0 Å². The van der Waals surface area contributed by atoms with Crippen molar-refractivity contribution < 1.29 is 9.59 Å². The van der Waals surface area contributed by atoms with Crippen LogP contribution in [0.5, 0.6) is 0 Å². The highest BCUT2D eigenvalue weighted by Gasteiger charge is 2.40. The standard InChI is InChI=1S/C52H38N4.C52H34O2/c53-55-51-47(37-23-11-3-12-24-37)43(35-19-7-1-8-20-35)45(49(51)39-27-15-5-16-28-39)41-31-33-42(34-32-41)46-44(36-21-9-2-10-22-36)48(38-25-13-4-14-26-38)52(56-54)50(46)40-29-17-6-18-30-40;53-51-47(37-23-11-3-12-24-37)43(35-19-7-1-8-20-35)45(49(51)39-27-15-5-16-28-39)41-31-33-42(34-32-41)46-44(36-21-9-2-10-22-36)48(38-25-13-4-14-26-38)52(54)50(46)40-29-17-6-18-30-40/h1-34H,53-54H2;1-34H/b55-51+,56-52+;. The van der Waals surface area contributed by atoms with Crippen LogP contribution < -0.4 is 11.7 Å². The van der Waals surface area contributed by atoms with Gasteiger partial charge in [-0.2, -0.15) is 10.2 Å². The summed E-state index contributed by atoms with van der Waals surface area (Å²) in [4.78, 5) is 29.6. The molecule has 14 aromatic carbocycles. The van der Waals surface area contributed by atoms with Crippen molar-refractivity contribution in [1.82, 2.24) is 0 Å². The summed E-state index contributed by atoms with van der Waals surface area (Å²) in [5, 5.41) is 9.08. The largest absolute Gasteiger partial charge is 0.323 e. The van der Waals surface area contributed by atoms with Crippen molar-refractivity contribution in [3.05, 3.63) is 502 Å². The van der Waals surface area contributed by atoms with E-state index in [1.165, 1.54) is 0 Å². The fourth-order valence-electron chi connectivity index (χ4n) is 16.1. The molecule has 0 saturated carbocycles. The zero-order valence-corrected chi connectivity index (χ0v) is 60.1.